The van der Waals surface area contributed by atoms with Gasteiger partial charge in [0.05, 0.1) is 4.92 Å². The average molecular weight is 268 g/mol. The summed E-state index contributed by atoms with van der Waals surface area (Å²) in [5.41, 5.74) is 1.96. The van der Waals surface area contributed by atoms with Crippen molar-refractivity contribution in [3.8, 4) is 0 Å². The molecule has 0 heterocycles. The van der Waals surface area contributed by atoms with Gasteiger partial charge in [0.15, 0.2) is 0 Å². The predicted octanol–water partition coefficient (Wildman–Crippen LogP) is 3.13. The molecule has 5 heteroatoms. The van der Waals surface area contributed by atoms with E-state index in [0.29, 0.717) is 12.6 Å². The number of nitrogens with zero attached hydrogens (tertiary/aromatic N) is 1. The predicted molar refractivity (Wildman–Crippen MR) is 77.1 cm³/mol. The molecule has 0 saturated heterocycles. The number of hydrogen-bond acceptors (Lipinski definition) is 4. The van der Waals surface area contributed by atoms with Crippen LogP contribution in [-0.4, -0.2) is 23.0 Å². The van der Waals surface area contributed by atoms with Crippen molar-refractivity contribution in [1.29, 1.82) is 0 Å². The number of hydrogen-bond donors (Lipinski definition) is 1. The largest absolute Gasteiger partial charge is 0.309 e. The second-order valence-corrected chi connectivity index (χ2v) is 5.17. The van der Waals surface area contributed by atoms with Crippen LogP contribution < -0.4 is 5.32 Å². The third-order valence-electron chi connectivity index (χ3n) is 3.06. The van der Waals surface area contributed by atoms with Crippen LogP contribution in [0.2, 0.25) is 0 Å². The molecule has 0 aromatic heterocycles. The summed E-state index contributed by atoms with van der Waals surface area (Å²) in [6.45, 7) is 4.64. The fourth-order valence-corrected chi connectivity index (χ4v) is 2.59. The molecular weight excluding hydrogens is 248 g/mol. The highest BCUT2D eigenvalue weighted by atomic mass is 32.2. The van der Waals surface area contributed by atoms with Gasteiger partial charge in [0.25, 0.3) is 5.69 Å². The first-order chi connectivity index (χ1) is 8.60. The number of thioether (sulfide) groups is 1. The molecule has 1 rings (SSSR count). The lowest BCUT2D eigenvalue weighted by atomic mass is 10.1. The molecule has 0 aliphatic heterocycles. The normalized spacial score (nSPS) is 12.4. The molecule has 1 unspecified atom stereocenters. The van der Waals surface area contributed by atoms with E-state index in [2.05, 4.69) is 18.5 Å². The van der Waals surface area contributed by atoms with Crippen LogP contribution in [0.5, 0.6) is 0 Å². The molecule has 0 fully saturated rings. The van der Waals surface area contributed by atoms with Crippen molar-refractivity contribution < 1.29 is 4.92 Å². The maximum Gasteiger partial charge on any atom is 0.272 e. The molecular formula is C13H20N2O2S. The van der Waals surface area contributed by atoms with Crippen LogP contribution in [-0.2, 0) is 6.54 Å². The Balaban J connectivity index is 2.73. The molecule has 0 radical (unpaired) electrons. The molecule has 100 valence electrons. The summed E-state index contributed by atoms with van der Waals surface area (Å²) in [6.07, 6.45) is 3.15. The van der Waals surface area contributed by atoms with Gasteiger partial charge in [-0.25, -0.2) is 0 Å². The van der Waals surface area contributed by atoms with Gasteiger partial charge in [-0.3, -0.25) is 10.1 Å². The van der Waals surface area contributed by atoms with E-state index in [1.54, 1.807) is 12.1 Å². The van der Waals surface area contributed by atoms with Gasteiger partial charge in [0.2, 0.25) is 0 Å². The molecule has 0 bridgehead atoms. The minimum atomic E-state index is -0.321. The van der Waals surface area contributed by atoms with E-state index in [4.69, 9.17) is 0 Å². The van der Waals surface area contributed by atoms with E-state index < -0.39 is 0 Å². The molecule has 0 amide bonds. The van der Waals surface area contributed by atoms with E-state index >= 15 is 0 Å². The Morgan fingerprint density at radius 3 is 2.78 bits per heavy atom. The molecule has 1 aromatic carbocycles. The van der Waals surface area contributed by atoms with Gasteiger partial charge >= 0.3 is 0 Å². The highest BCUT2D eigenvalue weighted by Crippen LogP contribution is 2.21. The quantitative estimate of drug-likeness (QED) is 0.609. The van der Waals surface area contributed by atoms with E-state index in [1.165, 1.54) is 0 Å². The van der Waals surface area contributed by atoms with Crippen molar-refractivity contribution in [2.45, 2.75) is 32.9 Å². The van der Waals surface area contributed by atoms with Crippen LogP contribution in [0, 0.1) is 17.0 Å². The fraction of sp³-hybridized carbons (Fsp3) is 0.538. The van der Waals surface area contributed by atoms with Crippen LogP contribution >= 0.6 is 11.8 Å². The van der Waals surface area contributed by atoms with Crippen LogP contribution in [0.4, 0.5) is 5.69 Å². The summed E-state index contributed by atoms with van der Waals surface area (Å²) in [4.78, 5) is 10.5. The van der Waals surface area contributed by atoms with Crippen molar-refractivity contribution in [1.82, 2.24) is 5.32 Å². The minimum Gasteiger partial charge on any atom is -0.309 e. The molecule has 1 aromatic rings. The Labute approximate surface area is 112 Å². The maximum absolute atomic E-state index is 10.9. The summed E-state index contributed by atoms with van der Waals surface area (Å²) in [5.74, 6) is 1.06. The molecule has 1 N–H and O–H groups in total. The Hall–Kier alpha value is -1.07. The lowest BCUT2D eigenvalue weighted by Crippen LogP contribution is -2.30. The highest BCUT2D eigenvalue weighted by molar-refractivity contribution is 7.98. The molecule has 18 heavy (non-hydrogen) atoms. The Bertz CT molecular complexity index is 410. The van der Waals surface area contributed by atoms with E-state index in [-0.39, 0.29) is 10.6 Å². The third-order valence-corrected chi connectivity index (χ3v) is 3.79. The van der Waals surface area contributed by atoms with Crippen molar-refractivity contribution in [2.24, 2.45) is 0 Å². The van der Waals surface area contributed by atoms with Crippen LogP contribution in [0.3, 0.4) is 0 Å². The van der Waals surface area contributed by atoms with Gasteiger partial charge in [-0.05, 0) is 25.2 Å². The molecule has 0 saturated carbocycles. The highest BCUT2D eigenvalue weighted by Gasteiger charge is 2.13. The summed E-state index contributed by atoms with van der Waals surface area (Å²) in [5, 5.41) is 14.3. The lowest BCUT2D eigenvalue weighted by molar-refractivity contribution is -0.385. The van der Waals surface area contributed by atoms with Gasteiger partial charge in [-0.1, -0.05) is 19.1 Å². The molecule has 1 atom stereocenters. The monoisotopic (exact) mass is 268 g/mol. The number of rotatable bonds is 7. The van der Waals surface area contributed by atoms with Gasteiger partial charge in [-0.2, -0.15) is 11.8 Å². The van der Waals surface area contributed by atoms with Crippen LogP contribution in [0.25, 0.3) is 0 Å². The number of nitro benzene ring substituents is 1. The SMILES string of the molecule is CCC(CSC)NCc1cccc([N+](=O)[O-])c1C. The zero-order valence-electron chi connectivity index (χ0n) is 11.1. The van der Waals surface area contributed by atoms with Crippen molar-refractivity contribution in [2.75, 3.05) is 12.0 Å². The van der Waals surface area contributed by atoms with Crippen molar-refractivity contribution in [3.05, 3.63) is 39.4 Å². The standard InChI is InChI=1S/C13H20N2O2S/c1-4-12(9-18-3)14-8-11-6-5-7-13(10(11)2)15(16)17/h5-7,12,14H,4,8-9H2,1-3H3. The Morgan fingerprint density at radius 1 is 1.50 bits per heavy atom. The fourth-order valence-electron chi connectivity index (χ4n) is 1.84. The van der Waals surface area contributed by atoms with Gasteiger partial charge < -0.3 is 5.32 Å². The van der Waals surface area contributed by atoms with Crippen LogP contribution in [0.1, 0.15) is 24.5 Å². The average Bonchev–Trinajstić information content (AvgIpc) is 2.35. The summed E-state index contributed by atoms with van der Waals surface area (Å²) in [6, 6.07) is 5.70. The number of benzene rings is 1. The van der Waals surface area contributed by atoms with Gasteiger partial charge in [0, 0.05) is 30.0 Å². The molecule has 0 aliphatic rings. The zero-order valence-corrected chi connectivity index (χ0v) is 11.9. The third kappa shape index (κ3) is 3.99. The molecule has 0 aliphatic carbocycles. The smallest absolute Gasteiger partial charge is 0.272 e. The lowest BCUT2D eigenvalue weighted by Gasteiger charge is -2.16. The Kier molecular flexibility index (Phi) is 6.15. The van der Waals surface area contributed by atoms with E-state index in [1.807, 2.05) is 24.8 Å². The van der Waals surface area contributed by atoms with Gasteiger partial charge in [-0.15, -0.1) is 0 Å². The Morgan fingerprint density at radius 2 is 2.22 bits per heavy atom. The van der Waals surface area contributed by atoms with Gasteiger partial charge in [0.1, 0.15) is 0 Å². The summed E-state index contributed by atoms with van der Waals surface area (Å²) in [7, 11) is 0. The van der Waals surface area contributed by atoms with E-state index in [0.717, 1.165) is 23.3 Å². The molecule has 0 spiro atoms. The number of nitrogens with one attached hydrogen (secondary N) is 1. The van der Waals surface area contributed by atoms with Crippen molar-refractivity contribution in [3.63, 3.8) is 0 Å². The first-order valence-electron chi connectivity index (χ1n) is 6.05. The minimum absolute atomic E-state index is 0.201. The van der Waals surface area contributed by atoms with E-state index in [9.17, 15) is 10.1 Å². The maximum atomic E-state index is 10.9. The van der Waals surface area contributed by atoms with Crippen molar-refractivity contribution >= 4 is 17.4 Å². The summed E-state index contributed by atoms with van der Waals surface area (Å²) >= 11 is 1.81. The topological polar surface area (TPSA) is 55.2 Å². The second kappa shape index (κ2) is 7.38. The zero-order chi connectivity index (χ0) is 13.5. The first kappa shape index (κ1) is 15.0. The second-order valence-electron chi connectivity index (χ2n) is 4.26. The number of nitro groups is 1. The summed E-state index contributed by atoms with van der Waals surface area (Å²) < 4.78 is 0. The first-order valence-corrected chi connectivity index (χ1v) is 7.44. The molecule has 4 nitrogen and oxygen atoms in total. The van der Waals surface area contributed by atoms with Crippen LogP contribution in [0.15, 0.2) is 18.2 Å².